The Labute approximate surface area is 84.5 Å². The van der Waals surface area contributed by atoms with Gasteiger partial charge in [-0.1, -0.05) is 0 Å². The zero-order valence-electron chi connectivity index (χ0n) is 6.75. The van der Waals surface area contributed by atoms with Crippen molar-refractivity contribution in [1.29, 1.82) is 0 Å². The molecule has 0 aromatic carbocycles. The van der Waals surface area contributed by atoms with Crippen molar-refractivity contribution in [2.75, 3.05) is 12.4 Å². The van der Waals surface area contributed by atoms with E-state index in [1.165, 1.54) is 5.56 Å². The van der Waals surface area contributed by atoms with Crippen molar-refractivity contribution >= 4 is 27.7 Å². The Balaban J connectivity index is 2.78. The molecule has 0 saturated carbocycles. The molecule has 4 heteroatoms. The van der Waals surface area contributed by atoms with E-state index in [4.69, 9.17) is 5.11 Å². The Morgan fingerprint density at radius 2 is 2.42 bits per heavy atom. The first-order valence-electron chi connectivity index (χ1n) is 3.60. The van der Waals surface area contributed by atoms with Crippen molar-refractivity contribution in [2.24, 2.45) is 0 Å². The van der Waals surface area contributed by atoms with Crippen LogP contribution in [0.4, 0.5) is 0 Å². The second-order valence-electron chi connectivity index (χ2n) is 2.32. The van der Waals surface area contributed by atoms with Gasteiger partial charge in [-0.15, -0.1) is 11.8 Å². The molecule has 0 aliphatic rings. The molecule has 1 aromatic rings. The largest absolute Gasteiger partial charge is 0.396 e. The number of hydrogen-bond donors (Lipinski definition) is 1. The van der Waals surface area contributed by atoms with Crippen LogP contribution in [0.2, 0.25) is 0 Å². The van der Waals surface area contributed by atoms with Gasteiger partial charge in [0.2, 0.25) is 0 Å². The van der Waals surface area contributed by atoms with Crippen molar-refractivity contribution in [1.82, 2.24) is 4.98 Å². The molecule has 0 fully saturated rings. The summed E-state index contributed by atoms with van der Waals surface area (Å²) in [6.45, 7) is 2.21. The van der Waals surface area contributed by atoms with Crippen molar-refractivity contribution in [3.05, 3.63) is 22.3 Å². The average molecular weight is 248 g/mol. The number of rotatable bonds is 3. The topological polar surface area (TPSA) is 33.1 Å². The van der Waals surface area contributed by atoms with Crippen molar-refractivity contribution in [3.63, 3.8) is 0 Å². The number of hydrogen-bond acceptors (Lipinski definition) is 3. The van der Waals surface area contributed by atoms with E-state index in [1.54, 1.807) is 18.0 Å². The summed E-state index contributed by atoms with van der Waals surface area (Å²) in [7, 11) is 0. The molecule has 0 aliphatic heterocycles. The van der Waals surface area contributed by atoms with Gasteiger partial charge in [-0.05, 0) is 34.5 Å². The standard InChI is InChI=1S/C8H10BrNOS/c1-6-2-3-10-8(7(6)9)12-5-4-11/h2-3,11H,4-5H2,1H3. The molecule has 1 rings (SSSR count). The zero-order chi connectivity index (χ0) is 8.97. The molecular weight excluding hydrogens is 238 g/mol. The molecular formula is C8H10BrNOS. The molecule has 0 saturated heterocycles. The highest BCUT2D eigenvalue weighted by atomic mass is 79.9. The summed E-state index contributed by atoms with van der Waals surface area (Å²) in [4.78, 5) is 4.18. The summed E-state index contributed by atoms with van der Waals surface area (Å²) in [5.74, 6) is 0.690. The number of thioether (sulfide) groups is 1. The first-order chi connectivity index (χ1) is 5.75. The number of halogens is 1. The van der Waals surface area contributed by atoms with E-state index in [9.17, 15) is 0 Å². The summed E-state index contributed by atoms with van der Waals surface area (Å²) in [6, 6.07) is 1.95. The second kappa shape index (κ2) is 4.84. The van der Waals surface area contributed by atoms with Crippen LogP contribution in [-0.2, 0) is 0 Å². The van der Waals surface area contributed by atoms with Crippen LogP contribution in [0.25, 0.3) is 0 Å². The van der Waals surface area contributed by atoms with Gasteiger partial charge in [0.25, 0.3) is 0 Å². The number of pyridine rings is 1. The van der Waals surface area contributed by atoms with Gasteiger partial charge in [0.05, 0.1) is 11.1 Å². The lowest BCUT2D eigenvalue weighted by atomic mass is 10.3. The summed E-state index contributed by atoms with van der Waals surface area (Å²) in [6.07, 6.45) is 1.78. The van der Waals surface area contributed by atoms with Gasteiger partial charge in [0.1, 0.15) is 5.03 Å². The van der Waals surface area contributed by atoms with Crippen LogP contribution in [0.5, 0.6) is 0 Å². The minimum absolute atomic E-state index is 0.187. The van der Waals surface area contributed by atoms with Gasteiger partial charge < -0.3 is 5.11 Å². The lowest BCUT2D eigenvalue weighted by Gasteiger charge is -2.03. The number of aliphatic hydroxyl groups is 1. The van der Waals surface area contributed by atoms with Crippen LogP contribution in [-0.4, -0.2) is 22.5 Å². The summed E-state index contributed by atoms with van der Waals surface area (Å²) in [5, 5.41) is 9.57. The lowest BCUT2D eigenvalue weighted by molar-refractivity contribution is 0.322. The zero-order valence-corrected chi connectivity index (χ0v) is 9.15. The Morgan fingerprint density at radius 1 is 1.67 bits per heavy atom. The molecule has 0 spiro atoms. The van der Waals surface area contributed by atoms with Gasteiger partial charge in [0, 0.05) is 11.9 Å². The maximum atomic E-state index is 8.62. The van der Waals surface area contributed by atoms with E-state index >= 15 is 0 Å². The molecule has 0 aliphatic carbocycles. The normalized spacial score (nSPS) is 10.2. The molecule has 2 nitrogen and oxygen atoms in total. The molecule has 0 bridgehead atoms. The van der Waals surface area contributed by atoms with Crippen LogP contribution in [0.3, 0.4) is 0 Å². The molecule has 66 valence electrons. The van der Waals surface area contributed by atoms with Gasteiger partial charge >= 0.3 is 0 Å². The third-order valence-corrected chi connectivity index (χ3v) is 3.61. The van der Waals surface area contributed by atoms with Gasteiger partial charge in [0.15, 0.2) is 0 Å². The minimum atomic E-state index is 0.187. The SMILES string of the molecule is Cc1ccnc(SCCO)c1Br. The van der Waals surface area contributed by atoms with Crippen LogP contribution < -0.4 is 0 Å². The van der Waals surface area contributed by atoms with E-state index in [0.717, 1.165) is 9.50 Å². The Bertz CT molecular complexity index is 267. The van der Waals surface area contributed by atoms with Crippen molar-refractivity contribution in [2.45, 2.75) is 11.9 Å². The fourth-order valence-electron chi connectivity index (χ4n) is 0.758. The molecule has 1 N–H and O–H groups in total. The molecule has 0 radical (unpaired) electrons. The Kier molecular flexibility index (Phi) is 4.05. The minimum Gasteiger partial charge on any atom is -0.396 e. The van der Waals surface area contributed by atoms with E-state index in [-0.39, 0.29) is 6.61 Å². The number of aromatic nitrogens is 1. The molecule has 0 amide bonds. The van der Waals surface area contributed by atoms with E-state index in [2.05, 4.69) is 20.9 Å². The average Bonchev–Trinajstić information content (AvgIpc) is 2.08. The van der Waals surface area contributed by atoms with Gasteiger partial charge in [-0.25, -0.2) is 4.98 Å². The van der Waals surface area contributed by atoms with Crippen LogP contribution in [0.1, 0.15) is 5.56 Å². The molecule has 1 heterocycles. The van der Waals surface area contributed by atoms with E-state index < -0.39 is 0 Å². The highest BCUT2D eigenvalue weighted by Crippen LogP contribution is 2.27. The summed E-state index contributed by atoms with van der Waals surface area (Å²) >= 11 is 5.00. The maximum Gasteiger partial charge on any atom is 0.111 e. The van der Waals surface area contributed by atoms with Gasteiger partial charge in [-0.3, -0.25) is 0 Å². The summed E-state index contributed by atoms with van der Waals surface area (Å²) in [5.41, 5.74) is 1.17. The first-order valence-corrected chi connectivity index (χ1v) is 5.38. The van der Waals surface area contributed by atoms with Crippen LogP contribution in [0.15, 0.2) is 21.8 Å². The second-order valence-corrected chi connectivity index (χ2v) is 4.20. The molecule has 0 unspecified atom stereocenters. The fourth-order valence-corrected chi connectivity index (χ4v) is 2.04. The Morgan fingerprint density at radius 3 is 3.08 bits per heavy atom. The van der Waals surface area contributed by atoms with Crippen molar-refractivity contribution in [3.8, 4) is 0 Å². The van der Waals surface area contributed by atoms with Gasteiger partial charge in [-0.2, -0.15) is 0 Å². The highest BCUT2D eigenvalue weighted by Gasteiger charge is 2.03. The quantitative estimate of drug-likeness (QED) is 0.833. The highest BCUT2D eigenvalue weighted by molar-refractivity contribution is 9.10. The lowest BCUT2D eigenvalue weighted by Crippen LogP contribution is -1.90. The molecule has 12 heavy (non-hydrogen) atoms. The monoisotopic (exact) mass is 247 g/mol. The Hall–Kier alpha value is -0.0600. The van der Waals surface area contributed by atoms with Crippen LogP contribution >= 0.6 is 27.7 Å². The van der Waals surface area contributed by atoms with Crippen molar-refractivity contribution < 1.29 is 5.11 Å². The third kappa shape index (κ3) is 2.47. The molecule has 1 aromatic heterocycles. The summed E-state index contributed by atoms with van der Waals surface area (Å²) < 4.78 is 1.03. The maximum absolute atomic E-state index is 8.62. The van der Waals surface area contributed by atoms with Crippen LogP contribution in [0, 0.1) is 6.92 Å². The smallest absolute Gasteiger partial charge is 0.111 e. The number of aliphatic hydroxyl groups excluding tert-OH is 1. The number of aryl methyl sites for hydroxylation is 1. The number of nitrogens with zero attached hydrogens (tertiary/aromatic N) is 1. The van der Waals surface area contributed by atoms with E-state index in [0.29, 0.717) is 5.75 Å². The predicted octanol–water partition coefficient (Wildman–Crippen LogP) is 2.24. The molecule has 0 atom stereocenters. The third-order valence-electron chi connectivity index (χ3n) is 1.38. The fraction of sp³-hybridized carbons (Fsp3) is 0.375. The van der Waals surface area contributed by atoms with E-state index in [1.807, 2.05) is 13.0 Å². The first kappa shape index (κ1) is 10.0. The predicted molar refractivity (Wildman–Crippen MR) is 54.5 cm³/mol.